The van der Waals surface area contributed by atoms with E-state index in [2.05, 4.69) is 10.4 Å². The van der Waals surface area contributed by atoms with E-state index in [4.69, 9.17) is 4.98 Å². The fourth-order valence-electron chi connectivity index (χ4n) is 3.34. The average Bonchev–Trinajstić information content (AvgIpc) is 3.07. The number of para-hydroxylation sites is 1. The molecule has 0 spiro atoms. The average molecular weight is 401 g/mol. The van der Waals surface area contributed by atoms with Crippen molar-refractivity contribution in [1.82, 2.24) is 14.8 Å². The van der Waals surface area contributed by atoms with Crippen LogP contribution in [0.25, 0.3) is 22.2 Å². The van der Waals surface area contributed by atoms with Crippen LogP contribution in [-0.4, -0.2) is 25.6 Å². The van der Waals surface area contributed by atoms with Crippen molar-refractivity contribution in [2.24, 2.45) is 7.05 Å². The summed E-state index contributed by atoms with van der Waals surface area (Å²) in [5.41, 5.74) is 4.73. The summed E-state index contributed by atoms with van der Waals surface area (Å²) < 4.78 is 1.76. The maximum Gasteiger partial charge on any atom is 0.269 e. The fraction of sp³-hybridized carbons (Fsp3) is 0.136. The van der Waals surface area contributed by atoms with E-state index in [1.165, 1.54) is 12.1 Å². The Hall–Kier alpha value is -4.07. The van der Waals surface area contributed by atoms with Crippen LogP contribution in [0.1, 0.15) is 21.6 Å². The molecule has 0 saturated carbocycles. The lowest BCUT2D eigenvalue weighted by molar-refractivity contribution is -0.384. The predicted molar refractivity (Wildman–Crippen MR) is 114 cm³/mol. The van der Waals surface area contributed by atoms with Gasteiger partial charge in [-0.25, -0.2) is 4.98 Å². The molecule has 0 fully saturated rings. The molecule has 4 rings (SSSR count). The number of hydrogen-bond donors (Lipinski definition) is 1. The number of aryl methyl sites for hydroxylation is 2. The first-order chi connectivity index (χ1) is 14.3. The number of hydrogen-bond acceptors (Lipinski definition) is 5. The number of nitro groups is 1. The van der Waals surface area contributed by atoms with Crippen molar-refractivity contribution < 1.29 is 9.72 Å². The van der Waals surface area contributed by atoms with Crippen LogP contribution in [0.3, 0.4) is 0 Å². The molecule has 8 heteroatoms. The third-order valence-electron chi connectivity index (χ3n) is 5.14. The smallest absolute Gasteiger partial charge is 0.269 e. The first kappa shape index (κ1) is 19.3. The fourth-order valence-corrected chi connectivity index (χ4v) is 3.34. The highest BCUT2D eigenvalue weighted by Gasteiger charge is 2.17. The second-order valence-corrected chi connectivity index (χ2v) is 7.05. The van der Waals surface area contributed by atoms with E-state index >= 15 is 0 Å². The molecule has 0 bridgehead atoms. The van der Waals surface area contributed by atoms with Crippen molar-refractivity contribution in [1.29, 1.82) is 0 Å². The number of aromatic nitrogens is 3. The summed E-state index contributed by atoms with van der Waals surface area (Å²) in [4.78, 5) is 28.4. The van der Waals surface area contributed by atoms with E-state index in [0.717, 1.165) is 16.6 Å². The Morgan fingerprint density at radius 3 is 2.57 bits per heavy atom. The van der Waals surface area contributed by atoms with Gasteiger partial charge in [0.05, 0.1) is 27.9 Å². The van der Waals surface area contributed by atoms with Crippen LogP contribution in [0.15, 0.2) is 54.7 Å². The van der Waals surface area contributed by atoms with Gasteiger partial charge >= 0.3 is 0 Å². The van der Waals surface area contributed by atoms with Gasteiger partial charge in [0.1, 0.15) is 0 Å². The van der Waals surface area contributed by atoms with Gasteiger partial charge < -0.3 is 5.32 Å². The monoisotopic (exact) mass is 401 g/mol. The summed E-state index contributed by atoms with van der Waals surface area (Å²) in [7, 11) is 1.85. The molecule has 2 aromatic heterocycles. The molecule has 1 N–H and O–H groups in total. The molecule has 2 heterocycles. The quantitative estimate of drug-likeness (QED) is 0.403. The lowest BCUT2D eigenvalue weighted by Gasteiger charge is -2.12. The number of carbonyl (C=O) groups excluding carboxylic acids is 1. The first-order valence-electron chi connectivity index (χ1n) is 9.30. The molecule has 0 radical (unpaired) electrons. The van der Waals surface area contributed by atoms with Gasteiger partial charge in [0, 0.05) is 41.5 Å². The van der Waals surface area contributed by atoms with Crippen LogP contribution in [-0.2, 0) is 7.05 Å². The van der Waals surface area contributed by atoms with Gasteiger partial charge in [-0.3, -0.25) is 19.6 Å². The van der Waals surface area contributed by atoms with Crippen LogP contribution < -0.4 is 5.32 Å². The number of non-ortho nitro benzene ring substituents is 1. The number of benzene rings is 2. The molecule has 0 unspecified atom stereocenters. The molecule has 1 amide bonds. The highest BCUT2D eigenvalue weighted by molar-refractivity contribution is 6.13. The van der Waals surface area contributed by atoms with Gasteiger partial charge in [-0.1, -0.05) is 18.2 Å². The number of carbonyl (C=O) groups is 1. The van der Waals surface area contributed by atoms with E-state index in [-0.39, 0.29) is 11.6 Å². The molecular formula is C22H19N5O3. The van der Waals surface area contributed by atoms with Crippen molar-refractivity contribution in [3.8, 4) is 11.3 Å². The summed E-state index contributed by atoms with van der Waals surface area (Å²) >= 11 is 0. The van der Waals surface area contributed by atoms with E-state index < -0.39 is 4.92 Å². The Morgan fingerprint density at radius 2 is 1.90 bits per heavy atom. The third kappa shape index (κ3) is 3.39. The summed E-state index contributed by atoms with van der Waals surface area (Å²) in [6.45, 7) is 3.66. The zero-order valence-corrected chi connectivity index (χ0v) is 16.7. The maximum atomic E-state index is 13.2. The Morgan fingerprint density at radius 1 is 1.13 bits per heavy atom. The highest BCUT2D eigenvalue weighted by Crippen LogP contribution is 2.28. The van der Waals surface area contributed by atoms with Crippen molar-refractivity contribution in [2.45, 2.75) is 13.8 Å². The van der Waals surface area contributed by atoms with Gasteiger partial charge in [0.15, 0.2) is 0 Å². The molecule has 0 aliphatic heterocycles. The minimum atomic E-state index is -0.461. The number of nitrogens with zero attached hydrogens (tertiary/aromatic N) is 4. The number of anilines is 1. The molecule has 4 aromatic rings. The van der Waals surface area contributed by atoms with Gasteiger partial charge in [0.2, 0.25) is 0 Å². The molecular weight excluding hydrogens is 382 g/mol. The van der Waals surface area contributed by atoms with Crippen LogP contribution >= 0.6 is 0 Å². The van der Waals surface area contributed by atoms with Gasteiger partial charge in [-0.05, 0) is 37.6 Å². The van der Waals surface area contributed by atoms with E-state index in [9.17, 15) is 14.9 Å². The zero-order valence-electron chi connectivity index (χ0n) is 16.7. The van der Waals surface area contributed by atoms with Crippen molar-refractivity contribution in [3.05, 3.63) is 81.7 Å². The minimum Gasteiger partial charge on any atom is -0.322 e. The normalized spacial score (nSPS) is 10.9. The topological polar surface area (TPSA) is 103 Å². The molecule has 2 aromatic carbocycles. The van der Waals surface area contributed by atoms with Crippen LogP contribution in [0.2, 0.25) is 0 Å². The second-order valence-electron chi connectivity index (χ2n) is 7.05. The molecule has 0 aliphatic carbocycles. The number of nitro benzene ring substituents is 1. The molecule has 150 valence electrons. The summed E-state index contributed by atoms with van der Waals surface area (Å²) in [6, 6.07) is 13.5. The third-order valence-corrected chi connectivity index (χ3v) is 5.14. The van der Waals surface area contributed by atoms with E-state index in [0.29, 0.717) is 28.0 Å². The Balaban J connectivity index is 1.79. The van der Waals surface area contributed by atoms with E-state index in [1.807, 2.05) is 38.2 Å². The second kappa shape index (κ2) is 7.40. The summed E-state index contributed by atoms with van der Waals surface area (Å²) in [5, 5.41) is 18.8. The SMILES string of the molecule is Cc1cc([N+](=O)[O-])ccc1NC(=O)c1cc(-c2cnn(C)c2C)nc2ccccc12. The number of nitrogens with one attached hydrogen (secondary N) is 1. The van der Waals surface area contributed by atoms with Gasteiger partial charge in [-0.15, -0.1) is 0 Å². The standard InChI is InChI=1S/C22H19N5O3/c1-13-10-15(27(29)30)8-9-19(13)25-22(28)17-11-21(18-12-23-26(3)14(18)2)24-20-7-5-4-6-16(17)20/h4-12H,1-3H3,(H,25,28). The van der Waals surface area contributed by atoms with Gasteiger partial charge in [0.25, 0.3) is 11.6 Å². The van der Waals surface area contributed by atoms with E-state index in [1.54, 1.807) is 29.9 Å². The number of rotatable bonds is 4. The Labute approximate surface area is 172 Å². The summed E-state index contributed by atoms with van der Waals surface area (Å²) in [6.07, 6.45) is 1.73. The Kier molecular flexibility index (Phi) is 4.75. The molecule has 0 aliphatic rings. The maximum absolute atomic E-state index is 13.2. The first-order valence-corrected chi connectivity index (χ1v) is 9.30. The number of pyridine rings is 1. The van der Waals surface area contributed by atoms with Crippen molar-refractivity contribution >= 4 is 28.2 Å². The van der Waals surface area contributed by atoms with Crippen molar-refractivity contribution in [3.63, 3.8) is 0 Å². The zero-order chi connectivity index (χ0) is 21.4. The molecule has 0 atom stereocenters. The lowest BCUT2D eigenvalue weighted by atomic mass is 10.0. The number of amides is 1. The predicted octanol–water partition coefficient (Wildman–Crippen LogP) is 4.41. The van der Waals surface area contributed by atoms with Crippen LogP contribution in [0.5, 0.6) is 0 Å². The molecule has 8 nitrogen and oxygen atoms in total. The summed E-state index contributed by atoms with van der Waals surface area (Å²) in [5.74, 6) is -0.312. The largest absolute Gasteiger partial charge is 0.322 e. The van der Waals surface area contributed by atoms with Crippen molar-refractivity contribution in [2.75, 3.05) is 5.32 Å². The molecule has 30 heavy (non-hydrogen) atoms. The Bertz CT molecular complexity index is 1310. The van der Waals surface area contributed by atoms with Crippen LogP contribution in [0, 0.1) is 24.0 Å². The van der Waals surface area contributed by atoms with Crippen LogP contribution in [0.4, 0.5) is 11.4 Å². The lowest BCUT2D eigenvalue weighted by Crippen LogP contribution is -2.14. The number of fused-ring (bicyclic) bond motifs is 1. The minimum absolute atomic E-state index is 0.0193. The van der Waals surface area contributed by atoms with Gasteiger partial charge in [-0.2, -0.15) is 5.10 Å². The molecule has 0 saturated heterocycles. The highest BCUT2D eigenvalue weighted by atomic mass is 16.6.